The molecule has 2 heterocycles. The number of benzene rings is 2. The van der Waals surface area contributed by atoms with E-state index in [1.807, 2.05) is 49.4 Å². The van der Waals surface area contributed by atoms with Gasteiger partial charge in [-0.25, -0.2) is 0 Å². The van der Waals surface area contributed by atoms with Crippen LogP contribution in [0.15, 0.2) is 53.3 Å². The highest BCUT2D eigenvalue weighted by atomic mass is 35.5. The van der Waals surface area contributed by atoms with Crippen LogP contribution in [0.3, 0.4) is 0 Å². The molecule has 2 aromatic carbocycles. The zero-order valence-corrected chi connectivity index (χ0v) is 14.3. The molecule has 0 saturated carbocycles. The van der Waals surface area contributed by atoms with Gasteiger partial charge in [0.2, 0.25) is 4.96 Å². The molecular formula is C18H12ClN3OS. The molecule has 0 fully saturated rings. The zero-order chi connectivity index (χ0) is 16.7. The van der Waals surface area contributed by atoms with E-state index in [4.69, 9.17) is 11.6 Å². The minimum atomic E-state index is -0.155. The molecule has 24 heavy (non-hydrogen) atoms. The topological polar surface area (TPSA) is 47.3 Å². The quantitative estimate of drug-likeness (QED) is 0.555. The van der Waals surface area contributed by atoms with Crippen LogP contribution in [0.5, 0.6) is 0 Å². The van der Waals surface area contributed by atoms with Crippen LogP contribution in [0.2, 0.25) is 5.02 Å². The summed E-state index contributed by atoms with van der Waals surface area (Å²) in [5.41, 5.74) is 2.78. The molecule has 0 bridgehead atoms. The number of fused-ring (bicyclic) bond motifs is 1. The lowest BCUT2D eigenvalue weighted by Gasteiger charge is -1.98. The average molecular weight is 354 g/mol. The summed E-state index contributed by atoms with van der Waals surface area (Å²) in [4.78, 5) is 17.6. The van der Waals surface area contributed by atoms with Gasteiger partial charge in [-0.15, -0.1) is 5.10 Å². The van der Waals surface area contributed by atoms with Crippen molar-refractivity contribution >= 4 is 34.0 Å². The normalized spacial score (nSPS) is 12.2. The van der Waals surface area contributed by atoms with Crippen LogP contribution in [0.4, 0.5) is 0 Å². The summed E-state index contributed by atoms with van der Waals surface area (Å²) in [6.45, 7) is 2.00. The van der Waals surface area contributed by atoms with E-state index in [-0.39, 0.29) is 5.56 Å². The van der Waals surface area contributed by atoms with Gasteiger partial charge in [-0.1, -0.05) is 59.3 Å². The largest absolute Gasteiger partial charge is 0.291 e. The van der Waals surface area contributed by atoms with E-state index in [0.29, 0.717) is 20.3 Å². The van der Waals surface area contributed by atoms with E-state index in [0.717, 1.165) is 16.7 Å². The highest BCUT2D eigenvalue weighted by molar-refractivity contribution is 7.15. The Morgan fingerprint density at radius 2 is 1.88 bits per heavy atom. The van der Waals surface area contributed by atoms with Crippen LogP contribution >= 0.6 is 22.9 Å². The van der Waals surface area contributed by atoms with Crippen molar-refractivity contribution in [2.45, 2.75) is 6.92 Å². The fourth-order valence-corrected chi connectivity index (χ4v) is 3.52. The van der Waals surface area contributed by atoms with Crippen LogP contribution in [0.1, 0.15) is 11.1 Å². The third-order valence-electron chi connectivity index (χ3n) is 3.74. The van der Waals surface area contributed by atoms with E-state index >= 15 is 0 Å². The number of thiazole rings is 1. The molecular weight excluding hydrogens is 342 g/mol. The lowest BCUT2D eigenvalue weighted by Crippen LogP contribution is -2.23. The van der Waals surface area contributed by atoms with E-state index < -0.39 is 0 Å². The monoisotopic (exact) mass is 353 g/mol. The predicted molar refractivity (Wildman–Crippen MR) is 97.5 cm³/mol. The second-order valence-corrected chi connectivity index (χ2v) is 6.86. The van der Waals surface area contributed by atoms with Gasteiger partial charge in [0.1, 0.15) is 0 Å². The predicted octanol–water partition coefficient (Wildman–Crippen LogP) is 3.33. The maximum absolute atomic E-state index is 12.5. The van der Waals surface area contributed by atoms with Crippen LogP contribution in [0.25, 0.3) is 22.4 Å². The van der Waals surface area contributed by atoms with E-state index in [9.17, 15) is 4.79 Å². The number of nitrogens with zero attached hydrogens (tertiary/aromatic N) is 3. The first-order valence-electron chi connectivity index (χ1n) is 7.35. The molecule has 0 radical (unpaired) electrons. The highest BCUT2D eigenvalue weighted by Crippen LogP contribution is 2.20. The van der Waals surface area contributed by atoms with E-state index in [1.54, 1.807) is 12.1 Å². The molecule has 0 unspecified atom stereocenters. The number of hydrogen-bond acceptors (Lipinski definition) is 4. The van der Waals surface area contributed by atoms with Crippen molar-refractivity contribution < 1.29 is 0 Å². The molecule has 0 aliphatic rings. The first kappa shape index (κ1) is 15.1. The first-order chi connectivity index (χ1) is 11.6. The fourth-order valence-electron chi connectivity index (χ4n) is 2.48. The number of halogens is 1. The molecule has 0 atom stereocenters. The summed E-state index contributed by atoms with van der Waals surface area (Å²) < 4.78 is 1.97. The molecule has 118 valence electrons. The van der Waals surface area contributed by atoms with Crippen molar-refractivity contribution in [1.82, 2.24) is 14.6 Å². The summed E-state index contributed by atoms with van der Waals surface area (Å²) in [6, 6.07) is 15.2. The van der Waals surface area contributed by atoms with Crippen molar-refractivity contribution in [2.75, 3.05) is 0 Å². The molecule has 0 amide bonds. The standard InChI is InChI=1S/C18H12ClN3OS/c1-11-4-2-3-5-14(11)16-20-18-22(21-16)17(23)15(24-18)10-12-6-8-13(19)9-7-12/h2-10H,1H3/b15-10-. The van der Waals surface area contributed by atoms with Gasteiger partial charge >= 0.3 is 0 Å². The summed E-state index contributed by atoms with van der Waals surface area (Å²) in [5.74, 6) is 0.578. The Morgan fingerprint density at radius 1 is 1.12 bits per heavy atom. The number of aromatic nitrogens is 3. The summed E-state index contributed by atoms with van der Waals surface area (Å²) in [7, 11) is 0. The Morgan fingerprint density at radius 3 is 2.58 bits per heavy atom. The second kappa shape index (κ2) is 5.85. The van der Waals surface area contributed by atoms with Crippen molar-refractivity contribution in [3.8, 4) is 11.4 Å². The van der Waals surface area contributed by atoms with Gasteiger partial charge in [-0.2, -0.15) is 9.50 Å². The van der Waals surface area contributed by atoms with Gasteiger partial charge in [-0.3, -0.25) is 4.79 Å². The lowest BCUT2D eigenvalue weighted by atomic mass is 10.1. The summed E-state index contributed by atoms with van der Waals surface area (Å²) >= 11 is 7.22. The lowest BCUT2D eigenvalue weighted by molar-refractivity contribution is 0.936. The van der Waals surface area contributed by atoms with Gasteiger partial charge in [0, 0.05) is 10.6 Å². The van der Waals surface area contributed by atoms with Crippen molar-refractivity contribution in [2.24, 2.45) is 0 Å². The average Bonchev–Trinajstić information content (AvgIpc) is 3.10. The van der Waals surface area contributed by atoms with Crippen molar-refractivity contribution in [3.05, 3.63) is 79.6 Å². The van der Waals surface area contributed by atoms with Gasteiger partial charge in [0.25, 0.3) is 5.56 Å². The minimum Gasteiger partial charge on any atom is -0.266 e. The van der Waals surface area contributed by atoms with Crippen LogP contribution < -0.4 is 10.1 Å². The van der Waals surface area contributed by atoms with Gasteiger partial charge in [0.05, 0.1) is 4.53 Å². The molecule has 4 rings (SSSR count). The Kier molecular flexibility index (Phi) is 3.67. The molecule has 0 spiro atoms. The molecule has 2 aromatic heterocycles. The second-order valence-electron chi connectivity index (χ2n) is 5.41. The molecule has 0 aliphatic carbocycles. The molecule has 0 saturated heterocycles. The van der Waals surface area contributed by atoms with Crippen molar-refractivity contribution in [3.63, 3.8) is 0 Å². The van der Waals surface area contributed by atoms with E-state index in [2.05, 4.69) is 10.1 Å². The molecule has 4 aromatic rings. The van der Waals surface area contributed by atoms with Crippen LogP contribution in [0, 0.1) is 6.92 Å². The Balaban J connectivity index is 1.83. The first-order valence-corrected chi connectivity index (χ1v) is 8.54. The number of hydrogen-bond donors (Lipinski definition) is 0. The summed E-state index contributed by atoms with van der Waals surface area (Å²) in [5, 5.41) is 5.05. The third kappa shape index (κ3) is 2.62. The smallest absolute Gasteiger partial charge is 0.266 e. The molecule has 0 aliphatic heterocycles. The maximum atomic E-state index is 12.5. The third-order valence-corrected chi connectivity index (χ3v) is 4.95. The maximum Gasteiger partial charge on any atom is 0.291 e. The molecule has 6 heteroatoms. The summed E-state index contributed by atoms with van der Waals surface area (Å²) in [6.07, 6.45) is 1.83. The number of rotatable bonds is 2. The SMILES string of the molecule is Cc1ccccc1-c1nc2s/c(=C\c3ccc(Cl)cc3)c(=O)n2n1. The van der Waals surface area contributed by atoms with E-state index in [1.165, 1.54) is 15.9 Å². The van der Waals surface area contributed by atoms with Crippen LogP contribution in [-0.4, -0.2) is 14.6 Å². The highest BCUT2D eigenvalue weighted by Gasteiger charge is 2.13. The number of aryl methyl sites for hydroxylation is 1. The molecule has 0 N–H and O–H groups in total. The Bertz CT molecular complexity index is 1150. The Labute approximate surface area is 146 Å². The fraction of sp³-hybridized carbons (Fsp3) is 0.0556. The van der Waals surface area contributed by atoms with Gasteiger partial charge < -0.3 is 0 Å². The van der Waals surface area contributed by atoms with Crippen molar-refractivity contribution in [1.29, 1.82) is 0 Å². The van der Waals surface area contributed by atoms with Gasteiger partial charge in [-0.05, 0) is 36.3 Å². The Hall–Kier alpha value is -2.50. The zero-order valence-electron chi connectivity index (χ0n) is 12.7. The minimum absolute atomic E-state index is 0.155. The van der Waals surface area contributed by atoms with Gasteiger partial charge in [0.15, 0.2) is 5.82 Å². The van der Waals surface area contributed by atoms with Crippen LogP contribution in [-0.2, 0) is 0 Å². The molecule has 4 nitrogen and oxygen atoms in total.